The Hall–Kier alpha value is -0.970. The third-order valence-corrected chi connectivity index (χ3v) is 1.30. The Labute approximate surface area is 74.3 Å². The maximum absolute atomic E-state index is 10.6. The van der Waals surface area contributed by atoms with E-state index in [4.69, 9.17) is 4.74 Å². The third-order valence-electron chi connectivity index (χ3n) is 1.30. The lowest BCUT2D eigenvalue weighted by molar-refractivity contribution is -0.144. The average molecular weight is 168 g/mol. The summed E-state index contributed by atoms with van der Waals surface area (Å²) in [6.45, 7) is 7.31. The van der Waals surface area contributed by atoms with Gasteiger partial charge in [-0.15, -0.1) is 5.92 Å². The van der Waals surface area contributed by atoms with Gasteiger partial charge in [0.25, 0.3) is 0 Å². The van der Waals surface area contributed by atoms with Crippen LogP contribution in [0.5, 0.6) is 0 Å². The second-order valence-corrected chi connectivity index (χ2v) is 3.12. The van der Waals surface area contributed by atoms with Crippen LogP contribution in [0.1, 0.15) is 34.1 Å². The molecule has 0 aliphatic heterocycles. The monoisotopic (exact) mass is 168 g/mol. The van der Waals surface area contributed by atoms with Crippen LogP contribution in [0.2, 0.25) is 0 Å². The number of carbonyl (C=O) groups excluding carboxylic acids is 1. The molecule has 0 saturated carbocycles. The Kier molecular flexibility index (Phi) is 5.19. The second kappa shape index (κ2) is 5.65. The number of hydrogen-bond acceptors (Lipinski definition) is 2. The van der Waals surface area contributed by atoms with Crippen molar-refractivity contribution in [3.8, 4) is 11.8 Å². The van der Waals surface area contributed by atoms with Crippen LogP contribution < -0.4 is 0 Å². The van der Waals surface area contributed by atoms with Gasteiger partial charge in [-0.25, -0.2) is 0 Å². The van der Waals surface area contributed by atoms with E-state index in [2.05, 4.69) is 25.7 Å². The summed E-state index contributed by atoms with van der Waals surface area (Å²) in [4.78, 5) is 10.6. The summed E-state index contributed by atoms with van der Waals surface area (Å²) >= 11 is 0. The van der Waals surface area contributed by atoms with Gasteiger partial charge in [0.05, 0.1) is 0 Å². The van der Waals surface area contributed by atoms with Crippen molar-refractivity contribution in [2.45, 2.75) is 40.2 Å². The Morgan fingerprint density at radius 2 is 2.08 bits per heavy atom. The summed E-state index contributed by atoms with van der Waals surface area (Å²) in [6.07, 6.45) is 0.577. The van der Waals surface area contributed by atoms with Crippen LogP contribution in [0.15, 0.2) is 0 Å². The van der Waals surface area contributed by atoms with Crippen LogP contribution in [-0.4, -0.2) is 12.1 Å². The predicted octanol–water partition coefficient (Wildman–Crippen LogP) is 1.99. The summed E-state index contributed by atoms with van der Waals surface area (Å²) in [5.41, 5.74) is 0. The smallest absolute Gasteiger partial charge is 0.303 e. The molecule has 2 nitrogen and oxygen atoms in total. The van der Waals surface area contributed by atoms with Gasteiger partial charge in [0.1, 0.15) is 0 Å². The molecule has 1 unspecified atom stereocenters. The first-order valence-corrected chi connectivity index (χ1v) is 4.15. The van der Waals surface area contributed by atoms with Crippen molar-refractivity contribution in [3.05, 3.63) is 0 Å². The van der Waals surface area contributed by atoms with Crippen molar-refractivity contribution in [3.63, 3.8) is 0 Å². The van der Waals surface area contributed by atoms with E-state index in [1.54, 1.807) is 6.92 Å². The molecule has 12 heavy (non-hydrogen) atoms. The summed E-state index contributed by atoms with van der Waals surface area (Å²) in [5.74, 6) is 5.84. The molecule has 0 aromatic rings. The van der Waals surface area contributed by atoms with Gasteiger partial charge in [0, 0.05) is 6.92 Å². The molecule has 0 spiro atoms. The Morgan fingerprint density at radius 1 is 1.50 bits per heavy atom. The normalized spacial score (nSPS) is 11.8. The first-order chi connectivity index (χ1) is 5.56. The van der Waals surface area contributed by atoms with Crippen LogP contribution in [0.3, 0.4) is 0 Å². The SMILES string of the molecule is CC#CC(CC(C)C)OC(C)=O. The molecule has 0 fully saturated rings. The van der Waals surface area contributed by atoms with Crippen molar-refractivity contribution in [2.24, 2.45) is 5.92 Å². The van der Waals surface area contributed by atoms with E-state index >= 15 is 0 Å². The highest BCUT2D eigenvalue weighted by Gasteiger charge is 2.09. The summed E-state index contributed by atoms with van der Waals surface area (Å²) in [7, 11) is 0. The standard InChI is InChI=1S/C10H16O2/c1-5-6-10(7-8(2)3)12-9(4)11/h8,10H,7H2,1-4H3. The van der Waals surface area contributed by atoms with E-state index in [-0.39, 0.29) is 12.1 Å². The topological polar surface area (TPSA) is 26.3 Å². The fraction of sp³-hybridized carbons (Fsp3) is 0.700. The first kappa shape index (κ1) is 11.0. The van der Waals surface area contributed by atoms with Gasteiger partial charge < -0.3 is 4.74 Å². The second-order valence-electron chi connectivity index (χ2n) is 3.12. The fourth-order valence-electron chi connectivity index (χ4n) is 0.926. The van der Waals surface area contributed by atoms with Gasteiger partial charge in [0.15, 0.2) is 6.10 Å². The number of carbonyl (C=O) groups is 1. The molecule has 0 N–H and O–H groups in total. The van der Waals surface area contributed by atoms with Gasteiger partial charge in [-0.05, 0) is 19.3 Å². The zero-order valence-corrected chi connectivity index (χ0v) is 8.18. The van der Waals surface area contributed by atoms with Crippen molar-refractivity contribution in [2.75, 3.05) is 0 Å². The molecule has 0 aliphatic rings. The van der Waals surface area contributed by atoms with Gasteiger partial charge in [0.2, 0.25) is 0 Å². The molecule has 0 heterocycles. The maximum atomic E-state index is 10.6. The molecule has 0 aliphatic carbocycles. The number of ether oxygens (including phenoxy) is 1. The van der Waals surface area contributed by atoms with Gasteiger partial charge in [-0.1, -0.05) is 19.8 Å². The Morgan fingerprint density at radius 3 is 2.42 bits per heavy atom. The molecule has 2 heteroatoms. The van der Waals surface area contributed by atoms with Crippen LogP contribution in [-0.2, 0) is 9.53 Å². The molecular weight excluding hydrogens is 152 g/mol. The Balaban J connectivity index is 4.01. The average Bonchev–Trinajstić information content (AvgIpc) is 1.84. The third kappa shape index (κ3) is 5.79. The lowest BCUT2D eigenvalue weighted by atomic mass is 10.1. The van der Waals surface area contributed by atoms with Crippen molar-refractivity contribution < 1.29 is 9.53 Å². The van der Waals surface area contributed by atoms with E-state index in [9.17, 15) is 4.79 Å². The van der Waals surface area contributed by atoms with Crippen LogP contribution in [0.25, 0.3) is 0 Å². The summed E-state index contributed by atoms with van der Waals surface area (Å²) in [6, 6.07) is 0. The maximum Gasteiger partial charge on any atom is 0.303 e. The molecule has 0 aromatic carbocycles. The highest BCUT2D eigenvalue weighted by molar-refractivity contribution is 5.66. The number of rotatable bonds is 3. The summed E-state index contributed by atoms with van der Waals surface area (Å²) < 4.78 is 4.99. The molecule has 68 valence electrons. The molecule has 0 bridgehead atoms. The first-order valence-electron chi connectivity index (χ1n) is 4.15. The van der Waals surface area contributed by atoms with Crippen molar-refractivity contribution in [1.82, 2.24) is 0 Å². The number of hydrogen-bond donors (Lipinski definition) is 0. The van der Waals surface area contributed by atoms with Gasteiger partial charge >= 0.3 is 5.97 Å². The van der Waals surface area contributed by atoms with Gasteiger partial charge in [-0.2, -0.15) is 0 Å². The molecule has 0 radical (unpaired) electrons. The van der Waals surface area contributed by atoms with E-state index in [1.165, 1.54) is 6.92 Å². The number of esters is 1. The molecule has 0 rings (SSSR count). The van der Waals surface area contributed by atoms with Crippen molar-refractivity contribution in [1.29, 1.82) is 0 Å². The zero-order valence-electron chi connectivity index (χ0n) is 8.18. The minimum atomic E-state index is -0.261. The van der Waals surface area contributed by atoms with Crippen molar-refractivity contribution >= 4 is 5.97 Å². The molecular formula is C10H16O2. The van der Waals surface area contributed by atoms with Crippen LogP contribution in [0.4, 0.5) is 0 Å². The highest BCUT2D eigenvalue weighted by atomic mass is 16.5. The lowest BCUT2D eigenvalue weighted by Gasteiger charge is -2.12. The molecule has 0 aromatic heterocycles. The predicted molar refractivity (Wildman–Crippen MR) is 48.5 cm³/mol. The quantitative estimate of drug-likeness (QED) is 0.476. The largest absolute Gasteiger partial charge is 0.449 e. The Bertz CT molecular complexity index is 196. The highest BCUT2D eigenvalue weighted by Crippen LogP contribution is 2.07. The summed E-state index contributed by atoms with van der Waals surface area (Å²) in [5, 5.41) is 0. The minimum Gasteiger partial charge on any atom is -0.449 e. The van der Waals surface area contributed by atoms with E-state index in [0.717, 1.165) is 6.42 Å². The van der Waals surface area contributed by atoms with E-state index in [1.807, 2.05) is 0 Å². The van der Waals surface area contributed by atoms with E-state index < -0.39 is 0 Å². The van der Waals surface area contributed by atoms with Crippen LogP contribution in [0, 0.1) is 17.8 Å². The van der Waals surface area contributed by atoms with Gasteiger partial charge in [-0.3, -0.25) is 4.79 Å². The molecule has 0 saturated heterocycles. The fourth-order valence-corrected chi connectivity index (χ4v) is 0.926. The molecule has 1 atom stereocenters. The lowest BCUT2D eigenvalue weighted by Crippen LogP contribution is -2.16. The zero-order chi connectivity index (χ0) is 9.56. The minimum absolute atomic E-state index is 0.229. The van der Waals surface area contributed by atoms with E-state index in [0.29, 0.717) is 5.92 Å². The van der Waals surface area contributed by atoms with Crippen LogP contribution >= 0.6 is 0 Å². The molecule has 0 amide bonds.